The number of carbonyl (C=O) groups is 1. The zero-order valence-electron chi connectivity index (χ0n) is 21.0. The van der Waals surface area contributed by atoms with Gasteiger partial charge in [0.15, 0.2) is 11.5 Å². The number of rotatable bonds is 5. The Morgan fingerprint density at radius 1 is 1.05 bits per heavy atom. The number of methoxy groups -OCH3 is 1. The monoisotopic (exact) mass is 505 g/mol. The lowest BCUT2D eigenvalue weighted by atomic mass is 9.94. The summed E-state index contributed by atoms with van der Waals surface area (Å²) in [6, 6.07) is 20.8. The fraction of sp³-hybridized carbons (Fsp3) is 0.321. The number of morpholine rings is 1. The Hall–Kier alpha value is -4.11. The molecule has 1 unspecified atom stereocenters. The smallest absolute Gasteiger partial charge is 0.276 e. The number of nitro benzene ring substituents is 1. The Labute approximate surface area is 216 Å². The SMILES string of the molecule is COc1ccc([N+](=O)[O-])c2c1OCC(C(=O)Nc1ccc(N3CCOCC3)cc1)C2.Cc1ccccc1. The van der Waals surface area contributed by atoms with Crippen LogP contribution >= 0.6 is 0 Å². The minimum atomic E-state index is -0.540. The summed E-state index contributed by atoms with van der Waals surface area (Å²) >= 11 is 0. The molecule has 3 aromatic carbocycles. The van der Waals surface area contributed by atoms with Gasteiger partial charge in [0.05, 0.1) is 36.7 Å². The Morgan fingerprint density at radius 3 is 2.35 bits per heavy atom. The highest BCUT2D eigenvalue weighted by molar-refractivity contribution is 5.93. The number of fused-ring (bicyclic) bond motifs is 1. The predicted octanol–water partition coefficient (Wildman–Crippen LogP) is 4.62. The van der Waals surface area contributed by atoms with Crippen molar-refractivity contribution in [3.63, 3.8) is 0 Å². The van der Waals surface area contributed by atoms with Gasteiger partial charge in [0, 0.05) is 30.5 Å². The van der Waals surface area contributed by atoms with Crippen molar-refractivity contribution in [2.24, 2.45) is 5.92 Å². The van der Waals surface area contributed by atoms with Crippen LogP contribution in [-0.4, -0.2) is 50.9 Å². The van der Waals surface area contributed by atoms with Crippen LogP contribution in [0, 0.1) is 23.0 Å². The van der Waals surface area contributed by atoms with Crippen LogP contribution in [0.5, 0.6) is 11.5 Å². The molecule has 3 aromatic rings. The lowest BCUT2D eigenvalue weighted by Gasteiger charge is -2.29. The van der Waals surface area contributed by atoms with Crippen molar-refractivity contribution in [2.75, 3.05) is 50.2 Å². The summed E-state index contributed by atoms with van der Waals surface area (Å²) in [5, 5.41) is 14.3. The fourth-order valence-corrected chi connectivity index (χ4v) is 4.30. The maximum absolute atomic E-state index is 12.8. The molecule has 2 aliphatic heterocycles. The van der Waals surface area contributed by atoms with Crippen LogP contribution in [0.15, 0.2) is 66.7 Å². The van der Waals surface area contributed by atoms with Crippen molar-refractivity contribution in [1.82, 2.24) is 0 Å². The highest BCUT2D eigenvalue weighted by Crippen LogP contribution is 2.41. The van der Waals surface area contributed by atoms with Gasteiger partial charge in [0.1, 0.15) is 6.61 Å². The highest BCUT2D eigenvalue weighted by Gasteiger charge is 2.33. The van der Waals surface area contributed by atoms with Gasteiger partial charge in [-0.2, -0.15) is 0 Å². The summed E-state index contributed by atoms with van der Waals surface area (Å²) in [4.78, 5) is 25.9. The van der Waals surface area contributed by atoms with Gasteiger partial charge in [-0.1, -0.05) is 35.9 Å². The van der Waals surface area contributed by atoms with Crippen LogP contribution in [0.3, 0.4) is 0 Å². The van der Waals surface area contributed by atoms with Crippen molar-refractivity contribution in [1.29, 1.82) is 0 Å². The molecule has 9 nitrogen and oxygen atoms in total. The number of carbonyl (C=O) groups excluding carboxylic acids is 1. The van der Waals surface area contributed by atoms with E-state index >= 15 is 0 Å². The first kappa shape index (κ1) is 26.0. The lowest BCUT2D eigenvalue weighted by molar-refractivity contribution is -0.385. The summed E-state index contributed by atoms with van der Waals surface area (Å²) in [5.41, 5.74) is 3.38. The van der Waals surface area contributed by atoms with E-state index in [-0.39, 0.29) is 24.6 Å². The lowest BCUT2D eigenvalue weighted by Crippen LogP contribution is -2.36. The summed E-state index contributed by atoms with van der Waals surface area (Å²) in [6.07, 6.45) is 0.209. The van der Waals surface area contributed by atoms with Gasteiger partial charge < -0.3 is 24.4 Å². The maximum Gasteiger partial charge on any atom is 0.276 e. The predicted molar refractivity (Wildman–Crippen MR) is 142 cm³/mol. The first-order valence-corrected chi connectivity index (χ1v) is 12.2. The van der Waals surface area contributed by atoms with E-state index < -0.39 is 10.8 Å². The topological polar surface area (TPSA) is 103 Å². The van der Waals surface area contributed by atoms with E-state index in [0.29, 0.717) is 36.0 Å². The molecule has 0 spiro atoms. The second-order valence-electron chi connectivity index (χ2n) is 8.85. The normalized spacial score (nSPS) is 16.4. The average molecular weight is 506 g/mol. The summed E-state index contributed by atoms with van der Waals surface area (Å²) in [6.45, 7) is 5.30. The molecule has 1 atom stereocenters. The molecule has 1 fully saturated rings. The molecule has 2 heterocycles. The molecule has 194 valence electrons. The molecule has 1 amide bonds. The van der Waals surface area contributed by atoms with E-state index in [2.05, 4.69) is 29.3 Å². The average Bonchev–Trinajstić information content (AvgIpc) is 2.93. The Bertz CT molecular complexity index is 1210. The van der Waals surface area contributed by atoms with Gasteiger partial charge in [-0.3, -0.25) is 14.9 Å². The molecular formula is C28H31N3O6. The van der Waals surface area contributed by atoms with Gasteiger partial charge in [0.25, 0.3) is 5.69 Å². The zero-order valence-corrected chi connectivity index (χ0v) is 21.0. The number of anilines is 2. The van der Waals surface area contributed by atoms with Gasteiger partial charge in [0.2, 0.25) is 5.91 Å². The number of ether oxygens (including phenoxy) is 3. The minimum Gasteiger partial charge on any atom is -0.493 e. The minimum absolute atomic E-state index is 0.0711. The van der Waals surface area contributed by atoms with Gasteiger partial charge in [-0.05, 0) is 43.7 Å². The van der Waals surface area contributed by atoms with E-state index in [9.17, 15) is 14.9 Å². The third-order valence-corrected chi connectivity index (χ3v) is 6.32. The maximum atomic E-state index is 12.8. The van der Waals surface area contributed by atoms with Crippen molar-refractivity contribution < 1.29 is 23.9 Å². The number of nitrogens with one attached hydrogen (secondary N) is 1. The van der Waals surface area contributed by atoms with Crippen molar-refractivity contribution in [2.45, 2.75) is 13.3 Å². The Morgan fingerprint density at radius 2 is 1.76 bits per heavy atom. The van der Waals surface area contributed by atoms with Crippen LogP contribution < -0.4 is 19.7 Å². The summed E-state index contributed by atoms with van der Waals surface area (Å²) in [7, 11) is 1.48. The third-order valence-electron chi connectivity index (χ3n) is 6.32. The standard InChI is InChI=1S/C21H23N3O6.C7H8/c1-28-19-7-6-18(24(26)27)17-12-14(13-30-20(17)19)21(25)22-15-2-4-16(5-3-15)23-8-10-29-11-9-23;1-7-5-3-2-4-6-7/h2-7,14H,8-13H2,1H3,(H,22,25);2-6H,1H3. The molecule has 0 bridgehead atoms. The first-order valence-electron chi connectivity index (χ1n) is 12.2. The Kier molecular flexibility index (Phi) is 8.58. The van der Waals surface area contributed by atoms with Gasteiger partial charge >= 0.3 is 0 Å². The van der Waals surface area contributed by atoms with E-state index in [1.54, 1.807) is 0 Å². The van der Waals surface area contributed by atoms with Crippen LogP contribution in [0.25, 0.3) is 0 Å². The largest absolute Gasteiger partial charge is 0.493 e. The highest BCUT2D eigenvalue weighted by atomic mass is 16.6. The second-order valence-corrected chi connectivity index (χ2v) is 8.85. The Balaban J connectivity index is 0.000000396. The molecule has 0 saturated carbocycles. The number of amides is 1. The molecule has 9 heteroatoms. The molecule has 1 N–H and O–H groups in total. The van der Waals surface area contributed by atoms with E-state index in [0.717, 1.165) is 18.8 Å². The number of nitrogens with zero attached hydrogens (tertiary/aromatic N) is 2. The van der Waals surface area contributed by atoms with Crippen molar-refractivity contribution >= 4 is 23.0 Å². The van der Waals surface area contributed by atoms with E-state index in [1.807, 2.05) is 42.5 Å². The molecule has 0 aromatic heterocycles. The summed E-state index contributed by atoms with van der Waals surface area (Å²) < 4.78 is 16.3. The van der Waals surface area contributed by atoms with Crippen LogP contribution in [0.4, 0.5) is 17.1 Å². The van der Waals surface area contributed by atoms with Gasteiger partial charge in [-0.15, -0.1) is 0 Å². The fourth-order valence-electron chi connectivity index (χ4n) is 4.30. The molecule has 0 aliphatic carbocycles. The van der Waals surface area contributed by atoms with Crippen LogP contribution in [-0.2, 0) is 16.0 Å². The van der Waals surface area contributed by atoms with Crippen molar-refractivity contribution in [3.05, 3.63) is 88.0 Å². The van der Waals surface area contributed by atoms with Crippen LogP contribution in [0.2, 0.25) is 0 Å². The number of hydrogen-bond acceptors (Lipinski definition) is 7. The number of hydrogen-bond donors (Lipinski definition) is 1. The number of aryl methyl sites for hydroxylation is 1. The van der Waals surface area contributed by atoms with Gasteiger partial charge in [-0.25, -0.2) is 0 Å². The molecular weight excluding hydrogens is 474 g/mol. The number of benzene rings is 3. The third kappa shape index (κ3) is 6.56. The van der Waals surface area contributed by atoms with Crippen molar-refractivity contribution in [3.8, 4) is 11.5 Å². The quantitative estimate of drug-likeness (QED) is 0.398. The molecule has 1 saturated heterocycles. The number of nitro groups is 1. The van der Waals surface area contributed by atoms with E-state index in [1.165, 1.54) is 24.8 Å². The molecule has 0 radical (unpaired) electrons. The van der Waals surface area contributed by atoms with E-state index in [4.69, 9.17) is 14.2 Å². The molecule has 37 heavy (non-hydrogen) atoms. The molecule has 2 aliphatic rings. The summed E-state index contributed by atoms with van der Waals surface area (Å²) in [5.74, 6) is -0.0158. The zero-order chi connectivity index (χ0) is 26.2. The first-order chi connectivity index (χ1) is 18.0. The molecule has 5 rings (SSSR count). The second kappa shape index (κ2) is 12.2. The van der Waals surface area contributed by atoms with Crippen LogP contribution in [0.1, 0.15) is 11.1 Å².